The Morgan fingerprint density at radius 2 is 1.37 bits per heavy atom. The standard InChI is InChI=1S/C23H23NO6/c25-22(18-6-8-27-13-18)29-15-20-11-24(10-17-4-2-1-3-5-17)12-21(20)16-30-23(26)19-7-9-28-14-19/h1-9,13-14,20-21H,10-12,15-16H2/t20-,21-/m0/s1. The maximum atomic E-state index is 12.2. The number of nitrogens with zero attached hydrogens (tertiary/aromatic N) is 1. The van der Waals surface area contributed by atoms with Gasteiger partial charge in [0.2, 0.25) is 0 Å². The molecule has 1 fully saturated rings. The van der Waals surface area contributed by atoms with Crippen molar-refractivity contribution in [2.75, 3.05) is 26.3 Å². The van der Waals surface area contributed by atoms with Gasteiger partial charge in [-0.05, 0) is 17.7 Å². The minimum atomic E-state index is -0.417. The molecule has 4 rings (SSSR count). The second-order valence-corrected chi connectivity index (χ2v) is 7.42. The molecule has 1 saturated heterocycles. The molecule has 0 aliphatic carbocycles. The van der Waals surface area contributed by atoms with Gasteiger partial charge in [0.05, 0.1) is 36.9 Å². The lowest BCUT2D eigenvalue weighted by Crippen LogP contribution is -2.25. The van der Waals surface area contributed by atoms with Crippen molar-refractivity contribution in [2.24, 2.45) is 11.8 Å². The number of carbonyl (C=O) groups excluding carboxylic acids is 2. The number of carbonyl (C=O) groups is 2. The van der Waals surface area contributed by atoms with Gasteiger partial charge in [-0.1, -0.05) is 30.3 Å². The van der Waals surface area contributed by atoms with Gasteiger partial charge in [0.15, 0.2) is 0 Å². The molecular formula is C23H23NO6. The molecule has 0 spiro atoms. The molecule has 3 aromatic rings. The van der Waals surface area contributed by atoms with Gasteiger partial charge in [-0.15, -0.1) is 0 Å². The summed E-state index contributed by atoms with van der Waals surface area (Å²) in [6, 6.07) is 13.3. The van der Waals surface area contributed by atoms with Crippen LogP contribution in [0.25, 0.3) is 0 Å². The van der Waals surface area contributed by atoms with Crippen LogP contribution in [0.3, 0.4) is 0 Å². The second kappa shape index (κ2) is 9.45. The molecule has 3 heterocycles. The lowest BCUT2D eigenvalue weighted by molar-refractivity contribution is 0.0290. The normalized spacial score (nSPS) is 18.9. The fourth-order valence-corrected chi connectivity index (χ4v) is 3.68. The topological polar surface area (TPSA) is 82.1 Å². The van der Waals surface area contributed by atoms with Crippen molar-refractivity contribution in [1.29, 1.82) is 0 Å². The van der Waals surface area contributed by atoms with Crippen molar-refractivity contribution < 1.29 is 27.9 Å². The number of esters is 2. The first-order chi connectivity index (χ1) is 14.7. The van der Waals surface area contributed by atoms with Crippen LogP contribution in [0.4, 0.5) is 0 Å². The van der Waals surface area contributed by atoms with E-state index in [0.717, 1.165) is 19.6 Å². The zero-order valence-corrected chi connectivity index (χ0v) is 16.4. The summed E-state index contributed by atoms with van der Waals surface area (Å²) in [6.07, 6.45) is 5.60. The summed E-state index contributed by atoms with van der Waals surface area (Å²) in [4.78, 5) is 26.6. The van der Waals surface area contributed by atoms with E-state index in [1.165, 1.54) is 30.6 Å². The molecule has 7 heteroatoms. The van der Waals surface area contributed by atoms with Crippen LogP contribution in [0.15, 0.2) is 76.4 Å². The minimum absolute atomic E-state index is 0.0571. The molecule has 0 unspecified atom stereocenters. The van der Waals surface area contributed by atoms with E-state index in [1.54, 1.807) is 12.1 Å². The van der Waals surface area contributed by atoms with E-state index >= 15 is 0 Å². The fourth-order valence-electron chi connectivity index (χ4n) is 3.68. The van der Waals surface area contributed by atoms with Gasteiger partial charge < -0.3 is 18.3 Å². The molecule has 0 bridgehead atoms. The summed E-state index contributed by atoms with van der Waals surface area (Å²) in [5, 5.41) is 0. The van der Waals surface area contributed by atoms with Crippen molar-refractivity contribution in [3.05, 3.63) is 84.2 Å². The Labute approximate surface area is 174 Å². The molecule has 2 aromatic heterocycles. The maximum Gasteiger partial charge on any atom is 0.341 e. The van der Waals surface area contributed by atoms with Gasteiger partial charge in [-0.25, -0.2) is 9.59 Å². The molecule has 1 aliphatic heterocycles. The number of rotatable bonds is 8. The van der Waals surface area contributed by atoms with Crippen molar-refractivity contribution in [2.45, 2.75) is 6.54 Å². The van der Waals surface area contributed by atoms with Gasteiger partial charge in [0.1, 0.15) is 12.5 Å². The Morgan fingerprint density at radius 3 is 1.83 bits per heavy atom. The first-order valence-electron chi connectivity index (χ1n) is 9.84. The molecule has 2 atom stereocenters. The maximum absolute atomic E-state index is 12.2. The van der Waals surface area contributed by atoms with Gasteiger partial charge in [-0.2, -0.15) is 0 Å². The Kier molecular flexibility index (Phi) is 6.29. The van der Waals surface area contributed by atoms with Crippen molar-refractivity contribution in [3.63, 3.8) is 0 Å². The lowest BCUT2D eigenvalue weighted by atomic mass is 9.98. The van der Waals surface area contributed by atoms with Crippen LogP contribution in [-0.2, 0) is 16.0 Å². The van der Waals surface area contributed by atoms with E-state index in [2.05, 4.69) is 17.0 Å². The van der Waals surface area contributed by atoms with Gasteiger partial charge in [0, 0.05) is 31.5 Å². The van der Waals surface area contributed by atoms with E-state index < -0.39 is 11.9 Å². The Morgan fingerprint density at radius 1 is 0.833 bits per heavy atom. The highest BCUT2D eigenvalue weighted by Crippen LogP contribution is 2.26. The van der Waals surface area contributed by atoms with E-state index in [0.29, 0.717) is 11.1 Å². The smallest absolute Gasteiger partial charge is 0.341 e. The van der Waals surface area contributed by atoms with E-state index in [4.69, 9.17) is 18.3 Å². The predicted molar refractivity (Wildman–Crippen MR) is 107 cm³/mol. The quantitative estimate of drug-likeness (QED) is 0.525. The highest BCUT2D eigenvalue weighted by Gasteiger charge is 2.35. The zero-order chi connectivity index (χ0) is 20.8. The summed E-state index contributed by atoms with van der Waals surface area (Å²) >= 11 is 0. The molecule has 156 valence electrons. The molecular weight excluding hydrogens is 386 g/mol. The SMILES string of the molecule is O=C(OC[C@@H]1CN(Cc2ccccc2)C[C@H]1COC(=O)c1ccoc1)c1ccoc1. The average Bonchev–Trinajstić information content (AvgIpc) is 3.53. The predicted octanol–water partition coefficient (Wildman–Crippen LogP) is 3.63. The van der Waals surface area contributed by atoms with Crippen molar-refractivity contribution >= 4 is 11.9 Å². The number of benzene rings is 1. The van der Waals surface area contributed by atoms with Crippen molar-refractivity contribution in [3.8, 4) is 0 Å². The second-order valence-electron chi connectivity index (χ2n) is 7.42. The third-order valence-corrected chi connectivity index (χ3v) is 5.27. The first-order valence-corrected chi connectivity index (χ1v) is 9.84. The van der Waals surface area contributed by atoms with Crippen LogP contribution in [0, 0.1) is 11.8 Å². The van der Waals surface area contributed by atoms with E-state index in [9.17, 15) is 9.59 Å². The first kappa shape index (κ1) is 20.0. The number of hydrogen-bond acceptors (Lipinski definition) is 7. The summed E-state index contributed by atoms with van der Waals surface area (Å²) in [7, 11) is 0. The minimum Gasteiger partial charge on any atom is -0.472 e. The Bertz CT molecular complexity index is 877. The van der Waals surface area contributed by atoms with Gasteiger partial charge >= 0.3 is 11.9 Å². The largest absolute Gasteiger partial charge is 0.472 e. The highest BCUT2D eigenvalue weighted by molar-refractivity contribution is 5.89. The molecule has 0 N–H and O–H groups in total. The van der Waals surface area contributed by atoms with Crippen LogP contribution < -0.4 is 0 Å². The summed E-state index contributed by atoms with van der Waals surface area (Å²) in [5.41, 5.74) is 1.98. The van der Waals surface area contributed by atoms with E-state index in [-0.39, 0.29) is 25.0 Å². The molecule has 0 radical (unpaired) electrons. The third-order valence-electron chi connectivity index (χ3n) is 5.27. The third kappa shape index (κ3) is 4.99. The summed E-state index contributed by atoms with van der Waals surface area (Å²) in [6.45, 7) is 2.80. The molecule has 1 aromatic carbocycles. The Balaban J connectivity index is 1.37. The van der Waals surface area contributed by atoms with Crippen LogP contribution in [-0.4, -0.2) is 43.1 Å². The number of likely N-dealkylation sites (tertiary alicyclic amines) is 1. The Hall–Kier alpha value is -3.32. The van der Waals surface area contributed by atoms with Crippen LogP contribution in [0.5, 0.6) is 0 Å². The molecule has 30 heavy (non-hydrogen) atoms. The number of furan rings is 2. The van der Waals surface area contributed by atoms with Crippen LogP contribution in [0.2, 0.25) is 0 Å². The van der Waals surface area contributed by atoms with Crippen LogP contribution in [0.1, 0.15) is 26.3 Å². The van der Waals surface area contributed by atoms with E-state index in [1.807, 2.05) is 18.2 Å². The highest BCUT2D eigenvalue weighted by atomic mass is 16.5. The molecule has 0 saturated carbocycles. The zero-order valence-electron chi connectivity index (χ0n) is 16.4. The lowest BCUT2D eigenvalue weighted by Gasteiger charge is -2.18. The summed E-state index contributed by atoms with van der Waals surface area (Å²) < 4.78 is 20.9. The molecule has 7 nitrogen and oxygen atoms in total. The molecule has 1 aliphatic rings. The van der Waals surface area contributed by atoms with Gasteiger partial charge in [0.25, 0.3) is 0 Å². The molecule has 0 amide bonds. The number of ether oxygens (including phenoxy) is 2. The van der Waals surface area contributed by atoms with Crippen LogP contribution >= 0.6 is 0 Å². The van der Waals surface area contributed by atoms with Crippen molar-refractivity contribution in [1.82, 2.24) is 4.90 Å². The fraction of sp³-hybridized carbons (Fsp3) is 0.304. The summed E-state index contributed by atoms with van der Waals surface area (Å²) in [5.74, 6) is -0.720. The van der Waals surface area contributed by atoms with Gasteiger partial charge in [-0.3, -0.25) is 4.90 Å². The monoisotopic (exact) mass is 409 g/mol. The number of hydrogen-bond donors (Lipinski definition) is 0. The average molecular weight is 409 g/mol.